The van der Waals surface area contributed by atoms with Crippen LogP contribution in [0, 0.1) is 0 Å². The second-order valence-electron chi connectivity index (χ2n) is 5.46. The number of halogens is 3. The van der Waals surface area contributed by atoms with Gasteiger partial charge < -0.3 is 10.0 Å². The van der Waals surface area contributed by atoms with Gasteiger partial charge in [0, 0.05) is 18.7 Å². The van der Waals surface area contributed by atoms with Gasteiger partial charge in [-0.25, -0.2) is 0 Å². The van der Waals surface area contributed by atoms with Gasteiger partial charge in [-0.15, -0.1) is 5.60 Å². The number of hydrogen-bond donors (Lipinski definition) is 0. The zero-order valence-electron chi connectivity index (χ0n) is 12.6. The summed E-state index contributed by atoms with van der Waals surface area (Å²) in [6, 6.07) is 4.81. The standard InChI is InChI=1S/C10H8F3NO.C4H9O.Na/c11-10(12,13)7-2-1-3-8(6-7)14-5-4-9(14)15;1-4(2,3)5;/h1-3,6H,4-5H2;1-3H3;/q;-1;+1. The first-order valence-corrected chi connectivity index (χ1v) is 6.16. The van der Waals surface area contributed by atoms with Crippen LogP contribution in [0.3, 0.4) is 0 Å². The molecule has 0 atom stereocenters. The van der Waals surface area contributed by atoms with Crippen LogP contribution < -0.4 is 39.6 Å². The molecule has 1 amide bonds. The van der Waals surface area contributed by atoms with E-state index in [9.17, 15) is 23.1 Å². The zero-order valence-corrected chi connectivity index (χ0v) is 14.6. The third kappa shape index (κ3) is 7.31. The molecular weight excluding hydrogens is 294 g/mol. The number of benzene rings is 1. The number of anilines is 1. The molecular formula is C14H17F3NNaO2. The first-order valence-electron chi connectivity index (χ1n) is 6.16. The fourth-order valence-corrected chi connectivity index (χ4v) is 1.44. The van der Waals surface area contributed by atoms with Crippen LogP contribution in [0.15, 0.2) is 24.3 Å². The van der Waals surface area contributed by atoms with Crippen molar-refractivity contribution in [2.24, 2.45) is 0 Å². The Balaban J connectivity index is 0.000000583. The molecule has 0 saturated carbocycles. The molecule has 1 aliphatic rings. The number of hydrogen-bond acceptors (Lipinski definition) is 2. The van der Waals surface area contributed by atoms with Crippen molar-refractivity contribution in [1.29, 1.82) is 0 Å². The summed E-state index contributed by atoms with van der Waals surface area (Å²) in [4.78, 5) is 12.4. The maximum absolute atomic E-state index is 12.3. The van der Waals surface area contributed by atoms with Crippen LogP contribution in [-0.2, 0) is 11.0 Å². The van der Waals surface area contributed by atoms with Gasteiger partial charge in [-0.05, 0) is 18.2 Å². The molecule has 0 spiro atoms. The quantitative estimate of drug-likeness (QED) is 0.523. The minimum absolute atomic E-state index is 0. The second kappa shape index (κ2) is 7.63. The van der Waals surface area contributed by atoms with Crippen LogP contribution in [-0.4, -0.2) is 18.1 Å². The van der Waals surface area contributed by atoms with E-state index in [0.29, 0.717) is 18.7 Å². The average molecular weight is 311 g/mol. The van der Waals surface area contributed by atoms with E-state index >= 15 is 0 Å². The molecule has 0 bridgehead atoms. The van der Waals surface area contributed by atoms with Crippen LogP contribution in [0.25, 0.3) is 0 Å². The van der Waals surface area contributed by atoms with E-state index in [4.69, 9.17) is 0 Å². The molecule has 1 fully saturated rings. The van der Waals surface area contributed by atoms with Crippen LogP contribution >= 0.6 is 0 Å². The summed E-state index contributed by atoms with van der Waals surface area (Å²) in [6.07, 6.45) is -3.94. The number of nitrogens with zero attached hydrogens (tertiary/aromatic N) is 1. The molecule has 1 heterocycles. The largest absolute Gasteiger partial charge is 1.00 e. The molecule has 0 N–H and O–H groups in total. The molecule has 0 aromatic heterocycles. The third-order valence-corrected chi connectivity index (χ3v) is 2.34. The maximum atomic E-state index is 12.3. The van der Waals surface area contributed by atoms with Gasteiger partial charge in [0.15, 0.2) is 0 Å². The van der Waals surface area contributed by atoms with Gasteiger partial charge >= 0.3 is 35.7 Å². The summed E-state index contributed by atoms with van der Waals surface area (Å²) in [5, 5.41) is 10.1. The van der Waals surface area contributed by atoms with Crippen molar-refractivity contribution in [2.75, 3.05) is 11.4 Å². The molecule has 1 aromatic rings. The second-order valence-corrected chi connectivity index (χ2v) is 5.46. The molecule has 112 valence electrons. The predicted molar refractivity (Wildman–Crippen MR) is 68.2 cm³/mol. The summed E-state index contributed by atoms with van der Waals surface area (Å²) >= 11 is 0. The van der Waals surface area contributed by atoms with E-state index in [1.165, 1.54) is 17.0 Å². The summed E-state index contributed by atoms with van der Waals surface area (Å²) in [5.41, 5.74) is -1.15. The van der Waals surface area contributed by atoms with E-state index in [1.807, 2.05) is 0 Å². The Morgan fingerprint density at radius 1 is 1.19 bits per heavy atom. The van der Waals surface area contributed by atoms with E-state index < -0.39 is 17.3 Å². The molecule has 7 heteroatoms. The molecule has 0 unspecified atom stereocenters. The van der Waals surface area contributed by atoms with Crippen LogP contribution in [0.5, 0.6) is 0 Å². The van der Waals surface area contributed by atoms with Gasteiger partial charge in [0.2, 0.25) is 5.91 Å². The normalized spacial score (nSPS) is 14.6. The van der Waals surface area contributed by atoms with Crippen molar-refractivity contribution in [3.05, 3.63) is 29.8 Å². The van der Waals surface area contributed by atoms with E-state index in [0.717, 1.165) is 12.1 Å². The van der Waals surface area contributed by atoms with Gasteiger partial charge in [0.25, 0.3) is 0 Å². The molecule has 2 rings (SSSR count). The van der Waals surface area contributed by atoms with Crippen molar-refractivity contribution >= 4 is 11.6 Å². The van der Waals surface area contributed by atoms with Crippen LogP contribution in [0.2, 0.25) is 0 Å². The summed E-state index contributed by atoms with van der Waals surface area (Å²) in [5.74, 6) is -0.130. The first-order chi connectivity index (χ1) is 8.98. The molecule has 3 nitrogen and oxygen atoms in total. The molecule has 1 aliphatic heterocycles. The van der Waals surface area contributed by atoms with Crippen LogP contribution in [0.4, 0.5) is 18.9 Å². The fraction of sp³-hybridized carbons (Fsp3) is 0.500. The van der Waals surface area contributed by atoms with Gasteiger partial charge in [0.1, 0.15) is 0 Å². The number of amides is 1. The van der Waals surface area contributed by atoms with Gasteiger partial charge in [-0.2, -0.15) is 13.2 Å². The van der Waals surface area contributed by atoms with Gasteiger partial charge in [-0.3, -0.25) is 4.79 Å². The Bertz CT molecular complexity index is 478. The molecule has 0 radical (unpaired) electrons. The average Bonchev–Trinajstić information content (AvgIpc) is 2.24. The molecule has 1 aromatic carbocycles. The maximum Gasteiger partial charge on any atom is 1.00 e. The number of carbonyl (C=O) groups is 1. The van der Waals surface area contributed by atoms with Crippen LogP contribution in [0.1, 0.15) is 32.8 Å². The van der Waals surface area contributed by atoms with Gasteiger partial charge in [-0.1, -0.05) is 26.8 Å². The number of alkyl halides is 3. The predicted octanol–water partition coefficient (Wildman–Crippen LogP) is -0.409. The Morgan fingerprint density at radius 3 is 2.05 bits per heavy atom. The first kappa shape index (κ1) is 20.4. The summed E-state index contributed by atoms with van der Waals surface area (Å²) < 4.78 is 37.0. The molecule has 21 heavy (non-hydrogen) atoms. The SMILES string of the molecule is CC(C)(C)[O-].O=C1CCN1c1cccc(C(F)(F)F)c1.[Na+]. The van der Waals surface area contributed by atoms with Crippen molar-refractivity contribution in [1.82, 2.24) is 0 Å². The van der Waals surface area contributed by atoms with Crippen molar-refractivity contribution in [3.63, 3.8) is 0 Å². The Hall–Kier alpha value is -0.560. The topological polar surface area (TPSA) is 43.4 Å². The minimum Gasteiger partial charge on any atom is -0.850 e. The monoisotopic (exact) mass is 311 g/mol. The van der Waals surface area contributed by atoms with Crippen molar-refractivity contribution < 1.29 is 52.6 Å². The smallest absolute Gasteiger partial charge is 0.850 e. The number of carbonyl (C=O) groups excluding carboxylic acids is 1. The van der Waals surface area contributed by atoms with Crippen molar-refractivity contribution in [2.45, 2.75) is 39.0 Å². The van der Waals surface area contributed by atoms with E-state index in [1.54, 1.807) is 20.8 Å². The minimum atomic E-state index is -4.36. The van der Waals surface area contributed by atoms with Crippen molar-refractivity contribution in [3.8, 4) is 0 Å². The Labute approximate surface area is 144 Å². The number of rotatable bonds is 1. The zero-order chi connectivity index (χ0) is 15.6. The van der Waals surface area contributed by atoms with Gasteiger partial charge in [0.05, 0.1) is 5.56 Å². The fourth-order valence-electron chi connectivity index (χ4n) is 1.44. The summed E-state index contributed by atoms with van der Waals surface area (Å²) in [7, 11) is 0. The third-order valence-electron chi connectivity index (χ3n) is 2.34. The molecule has 0 aliphatic carbocycles. The Kier molecular flexibility index (Phi) is 7.42. The number of β-lactam (4-membered cyclic amide) rings is 1. The van der Waals surface area contributed by atoms with E-state index in [2.05, 4.69) is 0 Å². The van der Waals surface area contributed by atoms with E-state index in [-0.39, 0.29) is 35.5 Å². The Morgan fingerprint density at radius 2 is 1.71 bits per heavy atom. The summed E-state index contributed by atoms with van der Waals surface area (Å²) in [6.45, 7) is 5.40. The molecule has 1 saturated heterocycles.